The molecule has 22 heavy (non-hydrogen) atoms. The van der Waals surface area contributed by atoms with E-state index in [1.54, 1.807) is 0 Å². The average Bonchev–Trinajstić information content (AvgIpc) is 2.46. The van der Waals surface area contributed by atoms with Crippen molar-refractivity contribution in [1.82, 2.24) is 0 Å². The smallest absolute Gasteiger partial charge is 0.306 e. The van der Waals surface area contributed by atoms with Gasteiger partial charge in [0, 0.05) is 18.8 Å². The van der Waals surface area contributed by atoms with Gasteiger partial charge in [-0.1, -0.05) is 12.5 Å². The Morgan fingerprint density at radius 1 is 1.00 bits per heavy atom. The summed E-state index contributed by atoms with van der Waals surface area (Å²) < 4.78 is 5.81. The highest BCUT2D eigenvalue weighted by molar-refractivity contribution is 5.91. The maximum absolute atomic E-state index is 11.8. The normalized spacial score (nSPS) is 47.7. The molecule has 2 saturated carbocycles. The highest BCUT2D eigenvalue weighted by Crippen LogP contribution is 2.61. The van der Waals surface area contributed by atoms with Crippen molar-refractivity contribution in [3.05, 3.63) is 11.6 Å². The first-order chi connectivity index (χ1) is 10.4. The van der Waals surface area contributed by atoms with E-state index in [1.807, 2.05) is 6.08 Å². The van der Waals surface area contributed by atoms with E-state index < -0.39 is 0 Å². The van der Waals surface area contributed by atoms with Gasteiger partial charge in [0.25, 0.3) is 0 Å². The lowest BCUT2D eigenvalue weighted by Crippen LogP contribution is -2.56. The van der Waals surface area contributed by atoms with Crippen LogP contribution in [-0.2, 0) is 14.3 Å². The van der Waals surface area contributed by atoms with Crippen molar-refractivity contribution < 1.29 is 14.3 Å². The van der Waals surface area contributed by atoms with E-state index in [-0.39, 0.29) is 17.0 Å². The van der Waals surface area contributed by atoms with Crippen LogP contribution in [0, 0.1) is 23.2 Å². The zero-order valence-corrected chi connectivity index (χ0v) is 13.7. The molecule has 1 aliphatic heterocycles. The van der Waals surface area contributed by atoms with Gasteiger partial charge in [-0.05, 0) is 68.8 Å². The number of fused-ring (bicyclic) bond motifs is 5. The molecule has 0 bridgehead atoms. The first-order valence-corrected chi connectivity index (χ1v) is 8.88. The lowest BCUT2D eigenvalue weighted by Gasteiger charge is -2.59. The van der Waals surface area contributed by atoms with E-state index in [1.165, 1.54) is 5.57 Å². The van der Waals surface area contributed by atoms with Crippen molar-refractivity contribution >= 4 is 11.8 Å². The number of rotatable bonds is 0. The van der Waals surface area contributed by atoms with Crippen molar-refractivity contribution in [2.45, 2.75) is 70.8 Å². The minimum Gasteiger partial charge on any atom is -0.459 e. The second-order valence-electron chi connectivity index (χ2n) is 8.33. The number of esters is 1. The second kappa shape index (κ2) is 4.69. The predicted molar refractivity (Wildman–Crippen MR) is 83.1 cm³/mol. The fourth-order valence-corrected chi connectivity index (χ4v) is 6.08. The summed E-state index contributed by atoms with van der Waals surface area (Å²) >= 11 is 0. The summed E-state index contributed by atoms with van der Waals surface area (Å²) in [5.74, 6) is 2.14. The lowest BCUT2D eigenvalue weighted by atomic mass is 9.48. The lowest BCUT2D eigenvalue weighted by molar-refractivity contribution is -0.194. The molecule has 0 radical (unpaired) electrons. The molecule has 0 N–H and O–H groups in total. The third-order valence-electron chi connectivity index (χ3n) is 7.30. The maximum atomic E-state index is 11.8. The minimum atomic E-state index is -0.238. The number of carbonyl (C=O) groups excluding carboxylic acids is 2. The molecule has 5 atom stereocenters. The molecule has 3 aliphatic carbocycles. The SMILES string of the molecule is C[C@]12CCC(=O)C=C1CCC1[C@@H]2CC[C@]2(C)OC(=O)CC[C@@H]12. The van der Waals surface area contributed by atoms with Gasteiger partial charge < -0.3 is 4.74 Å². The van der Waals surface area contributed by atoms with E-state index in [0.29, 0.717) is 36.4 Å². The minimum absolute atomic E-state index is 0.0110. The monoisotopic (exact) mass is 302 g/mol. The molecule has 0 aromatic heterocycles. The molecule has 1 unspecified atom stereocenters. The molecule has 1 saturated heterocycles. The molecular formula is C19H26O3. The molecule has 0 spiro atoms. The summed E-state index contributed by atoms with van der Waals surface area (Å²) in [4.78, 5) is 23.5. The Balaban J connectivity index is 1.67. The van der Waals surface area contributed by atoms with Crippen molar-refractivity contribution in [3.63, 3.8) is 0 Å². The molecule has 0 amide bonds. The highest BCUT2D eigenvalue weighted by Gasteiger charge is 2.57. The van der Waals surface area contributed by atoms with Gasteiger partial charge >= 0.3 is 5.97 Å². The summed E-state index contributed by atoms with van der Waals surface area (Å²) in [5, 5.41) is 0. The van der Waals surface area contributed by atoms with E-state index in [0.717, 1.165) is 38.5 Å². The Morgan fingerprint density at radius 2 is 1.82 bits per heavy atom. The Labute approximate surface area is 132 Å². The van der Waals surface area contributed by atoms with E-state index in [4.69, 9.17) is 4.74 Å². The van der Waals surface area contributed by atoms with Crippen molar-refractivity contribution in [2.75, 3.05) is 0 Å². The van der Waals surface area contributed by atoms with Crippen molar-refractivity contribution in [2.24, 2.45) is 23.2 Å². The van der Waals surface area contributed by atoms with Gasteiger partial charge in [0.15, 0.2) is 5.78 Å². The largest absolute Gasteiger partial charge is 0.459 e. The van der Waals surface area contributed by atoms with Gasteiger partial charge in [0.1, 0.15) is 5.60 Å². The van der Waals surface area contributed by atoms with Gasteiger partial charge in [-0.15, -0.1) is 0 Å². The first-order valence-electron chi connectivity index (χ1n) is 8.88. The fraction of sp³-hybridized carbons (Fsp3) is 0.789. The number of hydrogen-bond acceptors (Lipinski definition) is 3. The number of ether oxygens (including phenoxy) is 1. The summed E-state index contributed by atoms with van der Waals surface area (Å²) in [6, 6.07) is 0. The van der Waals surface area contributed by atoms with Crippen LogP contribution in [0.3, 0.4) is 0 Å². The Kier molecular flexibility index (Phi) is 3.08. The molecule has 3 nitrogen and oxygen atoms in total. The molecule has 3 fully saturated rings. The van der Waals surface area contributed by atoms with Crippen LogP contribution in [0.15, 0.2) is 11.6 Å². The number of allylic oxidation sites excluding steroid dienone is 2. The van der Waals surface area contributed by atoms with Crippen LogP contribution < -0.4 is 0 Å². The molecule has 0 aromatic carbocycles. The molecule has 3 heteroatoms. The number of carbonyl (C=O) groups is 2. The third kappa shape index (κ3) is 1.93. The summed E-state index contributed by atoms with van der Waals surface area (Å²) in [6.07, 6.45) is 9.60. The summed E-state index contributed by atoms with van der Waals surface area (Å²) in [6.45, 7) is 4.54. The van der Waals surface area contributed by atoms with Crippen LogP contribution in [0.4, 0.5) is 0 Å². The van der Waals surface area contributed by atoms with Gasteiger partial charge in [-0.3, -0.25) is 9.59 Å². The quantitative estimate of drug-likeness (QED) is 0.639. The zero-order chi connectivity index (χ0) is 15.5. The third-order valence-corrected chi connectivity index (χ3v) is 7.30. The van der Waals surface area contributed by atoms with E-state index >= 15 is 0 Å². The molecule has 1 heterocycles. The maximum Gasteiger partial charge on any atom is 0.306 e. The average molecular weight is 302 g/mol. The highest BCUT2D eigenvalue weighted by atomic mass is 16.6. The summed E-state index contributed by atoms with van der Waals surface area (Å²) in [7, 11) is 0. The summed E-state index contributed by atoms with van der Waals surface area (Å²) in [5.41, 5.74) is 1.37. The molecule has 4 rings (SSSR count). The molecular weight excluding hydrogens is 276 g/mol. The van der Waals surface area contributed by atoms with Gasteiger partial charge in [-0.25, -0.2) is 0 Å². The number of hydrogen-bond donors (Lipinski definition) is 0. The fourth-order valence-electron chi connectivity index (χ4n) is 6.08. The van der Waals surface area contributed by atoms with E-state index in [2.05, 4.69) is 13.8 Å². The van der Waals surface area contributed by atoms with Crippen LogP contribution in [0.2, 0.25) is 0 Å². The van der Waals surface area contributed by atoms with Crippen molar-refractivity contribution in [1.29, 1.82) is 0 Å². The Morgan fingerprint density at radius 3 is 2.64 bits per heavy atom. The standard InChI is InChI=1S/C19H26O3/c1-18-9-7-13(20)11-12(18)3-4-14-15(18)8-10-19(2)16(14)5-6-17(21)22-19/h11,14-16H,3-10H2,1-2H3/t14?,15-,16-,18-,19-/m0/s1. The zero-order valence-electron chi connectivity index (χ0n) is 13.7. The van der Waals surface area contributed by atoms with E-state index in [9.17, 15) is 9.59 Å². The molecule has 4 aliphatic rings. The predicted octanol–water partition coefficient (Wildman–Crippen LogP) is 3.81. The Hall–Kier alpha value is -1.12. The second-order valence-corrected chi connectivity index (χ2v) is 8.33. The van der Waals surface area contributed by atoms with Crippen LogP contribution >= 0.6 is 0 Å². The topological polar surface area (TPSA) is 43.4 Å². The number of ketones is 1. The molecule has 120 valence electrons. The molecule has 0 aromatic rings. The van der Waals surface area contributed by atoms with Gasteiger partial charge in [-0.2, -0.15) is 0 Å². The Bertz CT molecular complexity index is 563. The van der Waals surface area contributed by atoms with Crippen molar-refractivity contribution in [3.8, 4) is 0 Å². The van der Waals surface area contributed by atoms with Gasteiger partial charge in [0.05, 0.1) is 0 Å². The van der Waals surface area contributed by atoms with Crippen LogP contribution in [-0.4, -0.2) is 17.4 Å². The van der Waals surface area contributed by atoms with Crippen LogP contribution in [0.1, 0.15) is 65.2 Å². The first kappa shape index (κ1) is 14.5. The van der Waals surface area contributed by atoms with Crippen LogP contribution in [0.25, 0.3) is 0 Å². The van der Waals surface area contributed by atoms with Gasteiger partial charge in [0.2, 0.25) is 0 Å². The van der Waals surface area contributed by atoms with Crippen LogP contribution in [0.5, 0.6) is 0 Å².